The Hall–Kier alpha value is -2.70. The maximum Gasteiger partial charge on any atom is 0.273 e. The Bertz CT molecular complexity index is 1040. The summed E-state index contributed by atoms with van der Waals surface area (Å²) in [4.78, 5) is 12.5. The molecule has 1 atom stereocenters. The molecule has 0 aliphatic heterocycles. The molecule has 0 aliphatic rings. The molecule has 5 nitrogen and oxygen atoms in total. The molecule has 6 heteroatoms. The molecule has 0 bridgehead atoms. The number of aromatic nitrogens is 1. The quantitative estimate of drug-likeness (QED) is 0.421. The van der Waals surface area contributed by atoms with E-state index in [2.05, 4.69) is 57.0 Å². The smallest absolute Gasteiger partial charge is 0.273 e. The van der Waals surface area contributed by atoms with Crippen LogP contribution in [0.5, 0.6) is 0 Å². The highest BCUT2D eigenvalue weighted by atomic mass is 79.9. The van der Waals surface area contributed by atoms with Crippen molar-refractivity contribution < 1.29 is 9.53 Å². The van der Waals surface area contributed by atoms with Crippen LogP contribution in [0.1, 0.15) is 34.2 Å². The molecule has 1 amide bonds. The predicted molar refractivity (Wildman–Crippen MR) is 120 cm³/mol. The zero-order valence-electron chi connectivity index (χ0n) is 16.9. The second-order valence-corrected chi connectivity index (χ2v) is 7.57. The molecule has 0 aliphatic carbocycles. The van der Waals surface area contributed by atoms with Crippen LogP contribution in [-0.4, -0.2) is 23.8 Å². The van der Waals surface area contributed by atoms with Gasteiger partial charge in [-0.2, -0.15) is 5.10 Å². The minimum Gasteiger partial charge on any atom is -0.367 e. The lowest BCUT2D eigenvalue weighted by Gasteiger charge is -2.13. The van der Waals surface area contributed by atoms with Crippen molar-refractivity contribution in [3.05, 3.63) is 87.1 Å². The van der Waals surface area contributed by atoms with Crippen LogP contribution < -0.4 is 5.43 Å². The molecule has 0 fully saturated rings. The average molecular weight is 454 g/mol. The summed E-state index contributed by atoms with van der Waals surface area (Å²) in [5, 5.41) is 4.18. The number of rotatable bonds is 6. The molecule has 2 aromatic carbocycles. The lowest BCUT2D eigenvalue weighted by Crippen LogP contribution is -2.26. The Morgan fingerprint density at radius 1 is 1.07 bits per heavy atom. The Kier molecular flexibility index (Phi) is 6.67. The van der Waals surface area contributed by atoms with Gasteiger partial charge in [-0.1, -0.05) is 48.5 Å². The van der Waals surface area contributed by atoms with E-state index >= 15 is 0 Å². The molecule has 1 heterocycles. The fourth-order valence-electron chi connectivity index (χ4n) is 3.39. The van der Waals surface area contributed by atoms with Crippen LogP contribution in [0.15, 0.2) is 64.2 Å². The maximum atomic E-state index is 12.5. The number of methoxy groups -OCH3 is 1. The molecule has 0 unspecified atom stereocenters. The molecule has 0 saturated carbocycles. The van der Waals surface area contributed by atoms with Gasteiger partial charge >= 0.3 is 0 Å². The number of ether oxygens (including phenoxy) is 1. The van der Waals surface area contributed by atoms with Crippen LogP contribution in [0.2, 0.25) is 0 Å². The molecular weight excluding hydrogens is 430 g/mol. The van der Waals surface area contributed by atoms with E-state index < -0.39 is 6.10 Å². The first-order valence-corrected chi connectivity index (χ1v) is 10.1. The topological polar surface area (TPSA) is 55.6 Å². The number of hydrogen-bond acceptors (Lipinski definition) is 3. The van der Waals surface area contributed by atoms with E-state index in [0.717, 1.165) is 32.7 Å². The van der Waals surface area contributed by atoms with Crippen molar-refractivity contribution in [2.45, 2.75) is 26.9 Å². The summed E-state index contributed by atoms with van der Waals surface area (Å²) in [6.45, 7) is 6.18. The minimum atomic E-state index is -0.712. The summed E-state index contributed by atoms with van der Waals surface area (Å²) < 4.78 is 8.48. The molecule has 150 valence electrons. The molecule has 0 spiro atoms. The van der Waals surface area contributed by atoms with Crippen molar-refractivity contribution in [2.75, 3.05) is 7.11 Å². The van der Waals surface area contributed by atoms with Crippen LogP contribution in [0, 0.1) is 20.8 Å². The van der Waals surface area contributed by atoms with Gasteiger partial charge in [-0.15, -0.1) is 0 Å². The fraction of sp³-hybridized carbons (Fsp3) is 0.217. The van der Waals surface area contributed by atoms with Crippen LogP contribution in [-0.2, 0) is 9.53 Å². The second-order valence-electron chi connectivity index (χ2n) is 6.78. The van der Waals surface area contributed by atoms with E-state index in [9.17, 15) is 4.79 Å². The van der Waals surface area contributed by atoms with Gasteiger partial charge < -0.3 is 9.30 Å². The summed E-state index contributed by atoms with van der Waals surface area (Å²) in [6.07, 6.45) is 0.952. The number of carbonyl (C=O) groups is 1. The molecule has 0 radical (unpaired) electrons. The first-order valence-electron chi connectivity index (χ1n) is 9.29. The number of carbonyl (C=O) groups excluding carboxylic acids is 1. The van der Waals surface area contributed by atoms with Gasteiger partial charge in [-0.05, 0) is 53.9 Å². The molecule has 1 aromatic heterocycles. The largest absolute Gasteiger partial charge is 0.367 e. The van der Waals surface area contributed by atoms with Crippen molar-refractivity contribution in [3.8, 4) is 5.69 Å². The van der Waals surface area contributed by atoms with E-state index in [0.29, 0.717) is 0 Å². The SMILES string of the molecule is CO[C@H](C(=O)N/N=C\c1c(Br)c(C)n(-c2ccccc2C)c1C)c1ccccc1. The minimum absolute atomic E-state index is 0.321. The molecule has 1 N–H and O–H groups in total. The van der Waals surface area contributed by atoms with Crippen molar-refractivity contribution in [1.29, 1.82) is 0 Å². The Balaban J connectivity index is 1.84. The highest BCUT2D eigenvalue weighted by molar-refractivity contribution is 9.10. The van der Waals surface area contributed by atoms with E-state index in [4.69, 9.17) is 4.74 Å². The van der Waals surface area contributed by atoms with Gasteiger partial charge in [0.15, 0.2) is 6.10 Å². The van der Waals surface area contributed by atoms with Crippen LogP contribution >= 0.6 is 15.9 Å². The van der Waals surface area contributed by atoms with Gasteiger partial charge in [-0.25, -0.2) is 5.43 Å². The van der Waals surface area contributed by atoms with Crippen molar-refractivity contribution in [3.63, 3.8) is 0 Å². The number of hydrogen-bond donors (Lipinski definition) is 1. The third kappa shape index (κ3) is 4.33. The average Bonchev–Trinajstić information content (AvgIpc) is 2.93. The normalized spacial score (nSPS) is 12.3. The zero-order chi connectivity index (χ0) is 21.0. The van der Waals surface area contributed by atoms with Crippen molar-refractivity contribution in [2.24, 2.45) is 5.10 Å². The Morgan fingerprint density at radius 2 is 1.72 bits per heavy atom. The highest BCUT2D eigenvalue weighted by Gasteiger charge is 2.20. The molecule has 0 saturated heterocycles. The number of aryl methyl sites for hydroxylation is 1. The fourth-order valence-corrected chi connectivity index (χ4v) is 3.96. The summed E-state index contributed by atoms with van der Waals surface area (Å²) in [6, 6.07) is 17.6. The first-order chi connectivity index (χ1) is 14.0. The van der Waals surface area contributed by atoms with Gasteiger partial charge in [0.2, 0.25) is 0 Å². The standard InChI is InChI=1S/C23H24BrN3O2/c1-15-10-8-9-13-20(15)27-16(2)19(21(24)17(27)3)14-25-26-23(28)22(29-4)18-11-6-5-7-12-18/h5-14,22H,1-4H3,(H,26,28)/b25-14-/t22-/m0/s1. The van der Waals surface area contributed by atoms with Gasteiger partial charge in [0.1, 0.15) is 0 Å². The Morgan fingerprint density at radius 3 is 2.38 bits per heavy atom. The monoisotopic (exact) mass is 453 g/mol. The summed E-state index contributed by atoms with van der Waals surface area (Å²) in [7, 11) is 1.51. The summed E-state index contributed by atoms with van der Waals surface area (Å²) in [5.41, 5.74) is 8.70. The molecule has 3 aromatic rings. The first kappa shape index (κ1) is 21.0. The third-order valence-electron chi connectivity index (χ3n) is 4.92. The van der Waals surface area contributed by atoms with E-state index in [1.165, 1.54) is 12.7 Å². The Labute approximate surface area is 179 Å². The number of amides is 1. The number of nitrogens with one attached hydrogen (secondary N) is 1. The number of benzene rings is 2. The molecule has 29 heavy (non-hydrogen) atoms. The summed E-state index contributed by atoms with van der Waals surface area (Å²) >= 11 is 3.67. The number of halogens is 1. The second kappa shape index (κ2) is 9.20. The van der Waals surface area contributed by atoms with Gasteiger partial charge in [-0.3, -0.25) is 4.79 Å². The van der Waals surface area contributed by atoms with Gasteiger partial charge in [0.05, 0.1) is 6.21 Å². The van der Waals surface area contributed by atoms with Gasteiger partial charge in [0, 0.05) is 34.2 Å². The lowest BCUT2D eigenvalue weighted by atomic mass is 10.1. The van der Waals surface area contributed by atoms with Gasteiger partial charge in [0.25, 0.3) is 5.91 Å². The molecule has 3 rings (SSSR count). The third-order valence-corrected chi connectivity index (χ3v) is 5.92. The zero-order valence-corrected chi connectivity index (χ0v) is 18.5. The van der Waals surface area contributed by atoms with E-state index in [-0.39, 0.29) is 5.91 Å². The van der Waals surface area contributed by atoms with E-state index in [1.54, 1.807) is 6.21 Å². The lowest BCUT2D eigenvalue weighted by molar-refractivity contribution is -0.131. The highest BCUT2D eigenvalue weighted by Crippen LogP contribution is 2.30. The number of hydrazone groups is 1. The van der Waals surface area contributed by atoms with Crippen LogP contribution in [0.25, 0.3) is 5.69 Å². The number of nitrogens with zero attached hydrogens (tertiary/aromatic N) is 2. The number of para-hydroxylation sites is 1. The molecular formula is C23H24BrN3O2. The van der Waals surface area contributed by atoms with E-state index in [1.807, 2.05) is 49.4 Å². The van der Waals surface area contributed by atoms with Crippen molar-refractivity contribution in [1.82, 2.24) is 9.99 Å². The van der Waals surface area contributed by atoms with Crippen molar-refractivity contribution >= 4 is 28.1 Å². The predicted octanol–water partition coefficient (Wildman–Crippen LogP) is 5.00. The van der Waals surface area contributed by atoms with Crippen LogP contribution in [0.4, 0.5) is 0 Å². The summed E-state index contributed by atoms with van der Waals surface area (Å²) in [5.74, 6) is -0.321. The van der Waals surface area contributed by atoms with Crippen LogP contribution in [0.3, 0.4) is 0 Å². The maximum absolute atomic E-state index is 12.5.